The van der Waals surface area contributed by atoms with Crippen molar-refractivity contribution in [3.05, 3.63) is 6.92 Å². The van der Waals surface area contributed by atoms with Gasteiger partial charge in [-0.15, -0.1) is 11.8 Å². The molecule has 0 fully saturated rings. The van der Waals surface area contributed by atoms with Gasteiger partial charge in [0.15, 0.2) is 0 Å². The van der Waals surface area contributed by atoms with Gasteiger partial charge in [-0.05, 0) is 19.8 Å². The van der Waals surface area contributed by atoms with Gasteiger partial charge in [-0.25, -0.2) is 0 Å². The molecule has 1 radical (unpaired) electrons. The van der Waals surface area contributed by atoms with Crippen LogP contribution in [-0.4, -0.2) is 13.2 Å². The van der Waals surface area contributed by atoms with Gasteiger partial charge in [-0.3, -0.25) is 0 Å². The summed E-state index contributed by atoms with van der Waals surface area (Å²) in [6.45, 7) is 7.13. The lowest BCUT2D eigenvalue weighted by atomic mass is 10.3. The van der Waals surface area contributed by atoms with Crippen LogP contribution in [0.4, 0.5) is 0 Å². The highest BCUT2D eigenvalue weighted by Crippen LogP contribution is 1.88. The summed E-state index contributed by atoms with van der Waals surface area (Å²) in [6, 6.07) is 0. The van der Waals surface area contributed by atoms with Gasteiger partial charge in [-0.2, -0.15) is 0 Å². The second-order valence-corrected chi connectivity index (χ2v) is 2.00. The molecule has 0 N–H and O–H groups in total. The van der Waals surface area contributed by atoms with Gasteiger partial charge in [0.05, 0.1) is 0 Å². The molecule has 0 aromatic heterocycles. The summed E-state index contributed by atoms with van der Waals surface area (Å²) in [5, 5.41) is 0. The third-order valence-corrected chi connectivity index (χ3v) is 1.06. The van der Waals surface area contributed by atoms with Gasteiger partial charge in [0, 0.05) is 19.6 Å². The van der Waals surface area contributed by atoms with Crippen molar-refractivity contribution in [2.75, 3.05) is 13.2 Å². The van der Waals surface area contributed by atoms with Crippen LogP contribution in [0.1, 0.15) is 26.2 Å². The maximum Gasteiger partial charge on any atom is 0.0475 e. The van der Waals surface area contributed by atoms with Crippen LogP contribution in [0.2, 0.25) is 0 Å². The van der Waals surface area contributed by atoms with E-state index in [1.807, 2.05) is 6.92 Å². The van der Waals surface area contributed by atoms with Crippen LogP contribution < -0.4 is 0 Å². The Labute approximate surface area is 63.8 Å². The first kappa shape index (κ1) is 9.52. The Morgan fingerprint density at radius 2 is 2.20 bits per heavy atom. The Hall–Kier alpha value is -0.480. The molecule has 0 unspecified atom stereocenters. The van der Waals surface area contributed by atoms with Crippen LogP contribution in [0.15, 0.2) is 0 Å². The summed E-state index contributed by atoms with van der Waals surface area (Å²) < 4.78 is 5.20. The average Bonchev–Trinajstić information content (AvgIpc) is 1.97. The van der Waals surface area contributed by atoms with E-state index in [0.717, 1.165) is 32.5 Å². The molecule has 0 amide bonds. The van der Waals surface area contributed by atoms with Crippen molar-refractivity contribution in [3.63, 3.8) is 0 Å². The maximum atomic E-state index is 5.20. The SMILES string of the molecule is [CH2]CCOCCCC#CC. The molecule has 0 saturated carbocycles. The molecule has 0 spiro atoms. The van der Waals surface area contributed by atoms with Gasteiger partial charge in [0.1, 0.15) is 0 Å². The fraction of sp³-hybridized carbons (Fsp3) is 0.667. The standard InChI is InChI=1S/C9H15O/c1-3-5-6-7-9-10-8-4-2/h2,4,6-9H2,1H3. The highest BCUT2D eigenvalue weighted by atomic mass is 16.5. The zero-order valence-corrected chi connectivity index (χ0v) is 6.65. The molecule has 0 heterocycles. The Kier molecular flexibility index (Phi) is 8.11. The predicted octanol–water partition coefficient (Wildman–Crippen LogP) is 2.03. The van der Waals surface area contributed by atoms with Crippen molar-refractivity contribution in [2.24, 2.45) is 0 Å². The summed E-state index contributed by atoms with van der Waals surface area (Å²) in [5.41, 5.74) is 0. The molecule has 0 aliphatic rings. The Balaban J connectivity index is 2.82. The fourth-order valence-corrected chi connectivity index (χ4v) is 0.592. The molecule has 0 saturated heterocycles. The molecule has 0 aromatic rings. The van der Waals surface area contributed by atoms with Crippen molar-refractivity contribution in [1.29, 1.82) is 0 Å². The number of hydrogen-bond donors (Lipinski definition) is 0. The number of unbranched alkanes of at least 4 members (excludes halogenated alkanes) is 1. The molecule has 0 atom stereocenters. The average molecular weight is 139 g/mol. The zero-order chi connectivity index (χ0) is 7.66. The molecule has 1 heteroatoms. The molecule has 57 valence electrons. The van der Waals surface area contributed by atoms with E-state index < -0.39 is 0 Å². The molecule has 0 rings (SSSR count). The first-order valence-corrected chi connectivity index (χ1v) is 3.68. The smallest absolute Gasteiger partial charge is 0.0475 e. The van der Waals surface area contributed by atoms with Crippen molar-refractivity contribution in [1.82, 2.24) is 0 Å². The van der Waals surface area contributed by atoms with Gasteiger partial charge in [-0.1, -0.05) is 6.92 Å². The van der Waals surface area contributed by atoms with E-state index in [1.54, 1.807) is 0 Å². The van der Waals surface area contributed by atoms with Gasteiger partial charge in [0.2, 0.25) is 0 Å². The quantitative estimate of drug-likeness (QED) is 0.418. The Bertz CT molecular complexity index is 108. The summed E-state index contributed by atoms with van der Waals surface area (Å²) in [6.07, 6.45) is 2.86. The minimum atomic E-state index is 0.777. The summed E-state index contributed by atoms with van der Waals surface area (Å²) in [5.74, 6) is 5.82. The molecule has 0 aromatic carbocycles. The van der Waals surface area contributed by atoms with E-state index in [-0.39, 0.29) is 0 Å². The van der Waals surface area contributed by atoms with Crippen molar-refractivity contribution in [3.8, 4) is 11.8 Å². The molecule has 0 bridgehead atoms. The van der Waals surface area contributed by atoms with E-state index in [2.05, 4.69) is 18.8 Å². The molecular weight excluding hydrogens is 124 g/mol. The lowest BCUT2D eigenvalue weighted by molar-refractivity contribution is 0.137. The van der Waals surface area contributed by atoms with E-state index in [0.29, 0.717) is 0 Å². The second-order valence-electron chi connectivity index (χ2n) is 2.00. The second kappa shape index (κ2) is 8.52. The fourth-order valence-electron chi connectivity index (χ4n) is 0.592. The monoisotopic (exact) mass is 139 g/mol. The summed E-state index contributed by atoms with van der Waals surface area (Å²) in [4.78, 5) is 0. The zero-order valence-electron chi connectivity index (χ0n) is 6.65. The maximum absolute atomic E-state index is 5.20. The molecule has 1 nitrogen and oxygen atoms in total. The van der Waals surface area contributed by atoms with Gasteiger partial charge in [0.25, 0.3) is 0 Å². The third-order valence-electron chi connectivity index (χ3n) is 1.06. The molecule has 0 aliphatic heterocycles. The topological polar surface area (TPSA) is 9.23 Å². The Morgan fingerprint density at radius 1 is 1.40 bits per heavy atom. The summed E-state index contributed by atoms with van der Waals surface area (Å²) >= 11 is 0. The first-order valence-electron chi connectivity index (χ1n) is 3.68. The van der Waals surface area contributed by atoms with Crippen LogP contribution in [0, 0.1) is 18.8 Å². The largest absolute Gasteiger partial charge is 0.381 e. The van der Waals surface area contributed by atoms with Crippen molar-refractivity contribution >= 4 is 0 Å². The van der Waals surface area contributed by atoms with E-state index in [4.69, 9.17) is 4.74 Å². The molecule has 10 heavy (non-hydrogen) atoms. The molecule has 0 aliphatic carbocycles. The number of rotatable bonds is 5. The number of hydrogen-bond acceptors (Lipinski definition) is 1. The van der Waals surface area contributed by atoms with Gasteiger partial charge < -0.3 is 4.74 Å². The van der Waals surface area contributed by atoms with Crippen LogP contribution in [-0.2, 0) is 4.74 Å². The van der Waals surface area contributed by atoms with Crippen molar-refractivity contribution in [2.45, 2.75) is 26.2 Å². The van der Waals surface area contributed by atoms with Crippen LogP contribution in [0.25, 0.3) is 0 Å². The lowest BCUT2D eigenvalue weighted by Crippen LogP contribution is -1.94. The van der Waals surface area contributed by atoms with Crippen LogP contribution in [0.5, 0.6) is 0 Å². The minimum absolute atomic E-state index is 0.777. The third kappa shape index (κ3) is 7.52. The number of ether oxygens (including phenoxy) is 1. The van der Waals surface area contributed by atoms with Crippen LogP contribution >= 0.6 is 0 Å². The van der Waals surface area contributed by atoms with Crippen LogP contribution in [0.3, 0.4) is 0 Å². The van der Waals surface area contributed by atoms with E-state index in [1.165, 1.54) is 0 Å². The minimum Gasteiger partial charge on any atom is -0.381 e. The predicted molar refractivity (Wildman–Crippen MR) is 43.5 cm³/mol. The van der Waals surface area contributed by atoms with E-state index in [9.17, 15) is 0 Å². The van der Waals surface area contributed by atoms with E-state index >= 15 is 0 Å². The summed E-state index contributed by atoms with van der Waals surface area (Å²) in [7, 11) is 0. The highest BCUT2D eigenvalue weighted by Gasteiger charge is 1.83. The van der Waals surface area contributed by atoms with Gasteiger partial charge >= 0.3 is 0 Å². The molecular formula is C9H15O. The van der Waals surface area contributed by atoms with Crippen molar-refractivity contribution < 1.29 is 4.74 Å². The Morgan fingerprint density at radius 3 is 2.80 bits per heavy atom. The lowest BCUT2D eigenvalue weighted by Gasteiger charge is -1.97. The normalized spacial score (nSPS) is 8.60. The highest BCUT2D eigenvalue weighted by molar-refractivity contribution is 4.94. The first-order chi connectivity index (χ1) is 4.91.